The molecule has 0 saturated carbocycles. The molecule has 1 unspecified atom stereocenters. The SMILES string of the molecule is CCC1(C(=O)O)CC(C)(C)C(=O)N1C(=O)O. The van der Waals surface area contributed by atoms with Crippen LogP contribution in [-0.4, -0.2) is 38.6 Å². The molecule has 6 nitrogen and oxygen atoms in total. The summed E-state index contributed by atoms with van der Waals surface area (Å²) in [6.07, 6.45) is -1.42. The Morgan fingerprint density at radius 2 is 1.88 bits per heavy atom. The molecule has 0 aromatic carbocycles. The van der Waals surface area contributed by atoms with Gasteiger partial charge < -0.3 is 10.2 Å². The van der Waals surface area contributed by atoms with Crippen LogP contribution in [0.5, 0.6) is 0 Å². The van der Waals surface area contributed by atoms with Crippen LogP contribution in [0.2, 0.25) is 0 Å². The maximum absolute atomic E-state index is 11.8. The first-order chi connectivity index (χ1) is 7.19. The van der Waals surface area contributed by atoms with Crippen molar-refractivity contribution in [2.24, 2.45) is 5.41 Å². The molecule has 0 aliphatic carbocycles. The van der Waals surface area contributed by atoms with E-state index in [9.17, 15) is 19.5 Å². The molecule has 1 saturated heterocycles. The number of imide groups is 1. The average Bonchev–Trinajstić information content (AvgIpc) is 2.35. The lowest BCUT2D eigenvalue weighted by atomic mass is 9.82. The highest BCUT2D eigenvalue weighted by molar-refractivity contribution is 6.03. The minimum Gasteiger partial charge on any atom is -0.479 e. The number of carbonyl (C=O) groups is 3. The predicted molar refractivity (Wildman–Crippen MR) is 53.9 cm³/mol. The molecule has 0 aromatic rings. The molecule has 0 spiro atoms. The van der Waals surface area contributed by atoms with Crippen molar-refractivity contribution in [3.63, 3.8) is 0 Å². The van der Waals surface area contributed by atoms with E-state index in [1.807, 2.05) is 0 Å². The van der Waals surface area contributed by atoms with Gasteiger partial charge in [0, 0.05) is 5.41 Å². The summed E-state index contributed by atoms with van der Waals surface area (Å²) in [6.45, 7) is 4.69. The van der Waals surface area contributed by atoms with Gasteiger partial charge in [-0.15, -0.1) is 0 Å². The fourth-order valence-electron chi connectivity index (χ4n) is 2.26. The third-order valence-electron chi connectivity index (χ3n) is 3.12. The van der Waals surface area contributed by atoms with Gasteiger partial charge in [0.15, 0.2) is 5.54 Å². The lowest BCUT2D eigenvalue weighted by molar-refractivity contribution is -0.152. The lowest BCUT2D eigenvalue weighted by Gasteiger charge is -2.29. The molecule has 2 N–H and O–H groups in total. The van der Waals surface area contributed by atoms with E-state index in [-0.39, 0.29) is 12.8 Å². The largest absolute Gasteiger partial charge is 0.479 e. The summed E-state index contributed by atoms with van der Waals surface area (Å²) in [7, 11) is 0. The van der Waals surface area contributed by atoms with Gasteiger partial charge in [-0.2, -0.15) is 0 Å². The van der Waals surface area contributed by atoms with E-state index in [0.717, 1.165) is 0 Å². The smallest absolute Gasteiger partial charge is 0.415 e. The number of nitrogens with zero attached hydrogens (tertiary/aromatic N) is 1. The molecule has 16 heavy (non-hydrogen) atoms. The van der Waals surface area contributed by atoms with Gasteiger partial charge in [0.1, 0.15) is 0 Å². The molecule has 0 bridgehead atoms. The zero-order valence-electron chi connectivity index (χ0n) is 9.48. The molecule has 0 radical (unpaired) electrons. The highest BCUT2D eigenvalue weighted by Gasteiger charge is 2.61. The maximum Gasteiger partial charge on any atom is 0.415 e. The number of likely N-dealkylation sites (tertiary alicyclic amines) is 1. The van der Waals surface area contributed by atoms with Gasteiger partial charge in [-0.05, 0) is 12.8 Å². The standard InChI is InChI=1S/C10H15NO5/c1-4-10(7(13)14)5-9(2,3)6(12)11(10)8(15)16/h4-5H2,1-3H3,(H,13,14)(H,15,16). The summed E-state index contributed by atoms with van der Waals surface area (Å²) >= 11 is 0. The van der Waals surface area contributed by atoms with E-state index >= 15 is 0 Å². The first kappa shape index (κ1) is 12.5. The molecule has 1 atom stereocenters. The van der Waals surface area contributed by atoms with Crippen molar-refractivity contribution in [3.05, 3.63) is 0 Å². The zero-order valence-corrected chi connectivity index (χ0v) is 9.48. The van der Waals surface area contributed by atoms with E-state index in [1.54, 1.807) is 20.8 Å². The summed E-state index contributed by atoms with van der Waals surface area (Å²) in [6, 6.07) is 0. The monoisotopic (exact) mass is 229 g/mol. The summed E-state index contributed by atoms with van der Waals surface area (Å²) in [5.74, 6) is -1.92. The predicted octanol–water partition coefficient (Wildman–Crippen LogP) is 1.16. The number of hydrogen-bond acceptors (Lipinski definition) is 3. The molecule has 0 aromatic heterocycles. The van der Waals surface area contributed by atoms with Gasteiger partial charge in [-0.3, -0.25) is 4.79 Å². The van der Waals surface area contributed by atoms with E-state index in [4.69, 9.17) is 5.11 Å². The second-order valence-electron chi connectivity index (χ2n) is 4.67. The second kappa shape index (κ2) is 3.47. The van der Waals surface area contributed by atoms with Gasteiger partial charge in [0.25, 0.3) is 0 Å². The fourth-order valence-corrected chi connectivity index (χ4v) is 2.26. The van der Waals surface area contributed by atoms with Gasteiger partial charge in [0.2, 0.25) is 5.91 Å². The molecule has 1 heterocycles. The van der Waals surface area contributed by atoms with E-state index < -0.39 is 28.9 Å². The van der Waals surface area contributed by atoms with Crippen molar-refractivity contribution in [1.29, 1.82) is 0 Å². The van der Waals surface area contributed by atoms with Crippen LogP contribution < -0.4 is 0 Å². The van der Waals surface area contributed by atoms with Gasteiger partial charge in [-0.25, -0.2) is 14.5 Å². The minimum absolute atomic E-state index is 0.0109. The van der Waals surface area contributed by atoms with Gasteiger partial charge >= 0.3 is 12.1 Å². The molecule has 1 fully saturated rings. The number of hydrogen-bond donors (Lipinski definition) is 2. The van der Waals surface area contributed by atoms with Crippen molar-refractivity contribution in [3.8, 4) is 0 Å². The third-order valence-corrected chi connectivity index (χ3v) is 3.12. The highest BCUT2D eigenvalue weighted by Crippen LogP contribution is 2.44. The van der Waals surface area contributed by atoms with Crippen LogP contribution in [-0.2, 0) is 9.59 Å². The van der Waals surface area contributed by atoms with Crippen molar-refractivity contribution >= 4 is 18.0 Å². The van der Waals surface area contributed by atoms with Crippen molar-refractivity contribution < 1.29 is 24.6 Å². The quantitative estimate of drug-likeness (QED) is 0.740. The van der Waals surface area contributed by atoms with Crippen molar-refractivity contribution in [2.45, 2.75) is 39.2 Å². The van der Waals surface area contributed by atoms with E-state index in [2.05, 4.69) is 0 Å². The van der Waals surface area contributed by atoms with Crippen LogP contribution in [0.1, 0.15) is 33.6 Å². The Balaban J connectivity index is 3.34. The Labute approximate surface area is 92.9 Å². The third kappa shape index (κ3) is 1.45. The Morgan fingerprint density at radius 1 is 1.38 bits per heavy atom. The Kier molecular flexibility index (Phi) is 2.70. The first-order valence-corrected chi connectivity index (χ1v) is 5.00. The number of aliphatic carboxylic acids is 1. The van der Waals surface area contributed by atoms with Crippen LogP contribution >= 0.6 is 0 Å². The van der Waals surface area contributed by atoms with Crippen LogP contribution in [0.25, 0.3) is 0 Å². The molecular formula is C10H15NO5. The zero-order chi connectivity index (χ0) is 12.7. The molecule has 90 valence electrons. The lowest BCUT2D eigenvalue weighted by Crippen LogP contribution is -2.53. The molecule has 1 rings (SSSR count). The van der Waals surface area contributed by atoms with Crippen LogP contribution in [0.15, 0.2) is 0 Å². The molecule has 2 amide bonds. The van der Waals surface area contributed by atoms with Crippen LogP contribution in [0.4, 0.5) is 4.79 Å². The maximum atomic E-state index is 11.8. The number of rotatable bonds is 2. The second-order valence-corrected chi connectivity index (χ2v) is 4.67. The topological polar surface area (TPSA) is 94.9 Å². The van der Waals surface area contributed by atoms with Crippen LogP contribution in [0.3, 0.4) is 0 Å². The Hall–Kier alpha value is -1.59. The van der Waals surface area contributed by atoms with Crippen molar-refractivity contribution in [2.75, 3.05) is 0 Å². The van der Waals surface area contributed by atoms with E-state index in [1.165, 1.54) is 0 Å². The number of carbonyl (C=O) groups excluding carboxylic acids is 1. The van der Waals surface area contributed by atoms with E-state index in [0.29, 0.717) is 4.90 Å². The first-order valence-electron chi connectivity index (χ1n) is 5.00. The normalized spacial score (nSPS) is 28.2. The highest BCUT2D eigenvalue weighted by atomic mass is 16.4. The number of carboxylic acid groups (broad SMARTS) is 2. The summed E-state index contributed by atoms with van der Waals surface area (Å²) in [5.41, 5.74) is -2.57. The van der Waals surface area contributed by atoms with Gasteiger partial charge in [-0.1, -0.05) is 20.8 Å². The van der Waals surface area contributed by atoms with Gasteiger partial charge in [0.05, 0.1) is 0 Å². The summed E-state index contributed by atoms with van der Waals surface area (Å²) in [5, 5.41) is 18.1. The summed E-state index contributed by atoms with van der Waals surface area (Å²) in [4.78, 5) is 34.6. The minimum atomic E-state index is -1.62. The summed E-state index contributed by atoms with van der Waals surface area (Å²) < 4.78 is 0. The number of carboxylic acids is 1. The molecular weight excluding hydrogens is 214 g/mol. The molecule has 6 heteroatoms. The Morgan fingerprint density at radius 3 is 2.12 bits per heavy atom. The molecule has 1 aliphatic rings. The Bertz CT molecular complexity index is 362. The number of amides is 2. The van der Waals surface area contributed by atoms with Crippen LogP contribution in [0, 0.1) is 5.41 Å². The fraction of sp³-hybridized carbons (Fsp3) is 0.700. The van der Waals surface area contributed by atoms with Crippen molar-refractivity contribution in [1.82, 2.24) is 4.90 Å². The average molecular weight is 229 g/mol. The molecule has 1 aliphatic heterocycles.